The molecule has 0 spiro atoms. The molecular formula is C15H11Cl2FO3. The van der Waals surface area contributed by atoms with Crippen molar-refractivity contribution in [2.75, 3.05) is 0 Å². The van der Waals surface area contributed by atoms with E-state index in [9.17, 15) is 9.18 Å². The second kappa shape index (κ2) is 6.33. The third kappa shape index (κ3) is 3.65. The average Bonchev–Trinajstić information content (AvgIpc) is 2.38. The second-order valence-electron chi connectivity index (χ2n) is 4.43. The summed E-state index contributed by atoms with van der Waals surface area (Å²) in [4.78, 5) is 11.2. The largest absolute Gasteiger partial charge is 0.486 e. The van der Waals surface area contributed by atoms with Crippen LogP contribution in [0, 0.1) is 12.7 Å². The number of hydrogen-bond acceptors (Lipinski definition) is 2. The first-order chi connectivity index (χ1) is 9.88. The van der Waals surface area contributed by atoms with Gasteiger partial charge in [0.05, 0.1) is 5.02 Å². The number of aromatic carboxylic acids is 1. The van der Waals surface area contributed by atoms with Crippen LogP contribution in [-0.2, 0) is 6.61 Å². The Morgan fingerprint density at radius 1 is 1.29 bits per heavy atom. The third-order valence-electron chi connectivity index (χ3n) is 2.92. The molecule has 0 aliphatic heterocycles. The maximum atomic E-state index is 13.0. The van der Waals surface area contributed by atoms with Crippen molar-refractivity contribution in [3.63, 3.8) is 0 Å². The quantitative estimate of drug-likeness (QED) is 0.883. The maximum Gasteiger partial charge on any atom is 0.339 e. The lowest BCUT2D eigenvalue weighted by Gasteiger charge is -2.13. The van der Waals surface area contributed by atoms with Gasteiger partial charge >= 0.3 is 5.97 Å². The molecule has 0 heterocycles. The van der Waals surface area contributed by atoms with E-state index in [4.69, 9.17) is 33.0 Å². The van der Waals surface area contributed by atoms with Crippen LogP contribution in [0.25, 0.3) is 0 Å². The zero-order valence-electron chi connectivity index (χ0n) is 11.0. The highest BCUT2D eigenvalue weighted by Gasteiger charge is 2.17. The summed E-state index contributed by atoms with van der Waals surface area (Å²) in [5.41, 5.74) is 1.32. The van der Waals surface area contributed by atoms with Gasteiger partial charge in [-0.05, 0) is 42.3 Å². The van der Waals surface area contributed by atoms with E-state index in [1.54, 1.807) is 13.0 Å². The number of carboxylic acid groups (broad SMARTS) is 1. The zero-order chi connectivity index (χ0) is 15.6. The van der Waals surface area contributed by atoms with Gasteiger partial charge in [-0.3, -0.25) is 0 Å². The Morgan fingerprint density at radius 3 is 2.62 bits per heavy atom. The molecule has 2 rings (SSSR count). The van der Waals surface area contributed by atoms with Crippen molar-refractivity contribution in [1.82, 2.24) is 0 Å². The summed E-state index contributed by atoms with van der Waals surface area (Å²) in [7, 11) is 0. The van der Waals surface area contributed by atoms with Crippen molar-refractivity contribution in [3.8, 4) is 5.75 Å². The number of aryl methyl sites for hydroxylation is 1. The van der Waals surface area contributed by atoms with Crippen molar-refractivity contribution in [2.24, 2.45) is 0 Å². The van der Waals surface area contributed by atoms with Crippen molar-refractivity contribution in [3.05, 3.63) is 62.9 Å². The van der Waals surface area contributed by atoms with Gasteiger partial charge in [0.15, 0.2) is 5.75 Å². The fourth-order valence-electron chi connectivity index (χ4n) is 1.84. The lowest BCUT2D eigenvalue weighted by molar-refractivity contribution is 0.0691. The summed E-state index contributed by atoms with van der Waals surface area (Å²) in [5.74, 6) is -1.49. The highest BCUT2D eigenvalue weighted by Crippen LogP contribution is 2.33. The van der Waals surface area contributed by atoms with Gasteiger partial charge in [-0.2, -0.15) is 0 Å². The number of carbonyl (C=O) groups is 1. The Morgan fingerprint density at radius 2 is 2.00 bits per heavy atom. The smallest absolute Gasteiger partial charge is 0.339 e. The SMILES string of the molecule is Cc1cc(F)ccc1COc1c(Cl)cc(Cl)cc1C(=O)O. The van der Waals surface area contributed by atoms with Crippen LogP contribution in [-0.4, -0.2) is 11.1 Å². The molecule has 0 bridgehead atoms. The Hall–Kier alpha value is -1.78. The van der Waals surface area contributed by atoms with Crippen molar-refractivity contribution in [1.29, 1.82) is 0 Å². The fraction of sp³-hybridized carbons (Fsp3) is 0.133. The van der Waals surface area contributed by atoms with Gasteiger partial charge in [-0.25, -0.2) is 9.18 Å². The van der Waals surface area contributed by atoms with Crippen LogP contribution < -0.4 is 4.74 Å². The number of benzene rings is 2. The molecule has 2 aromatic carbocycles. The van der Waals surface area contributed by atoms with Crippen LogP contribution in [0.1, 0.15) is 21.5 Å². The maximum absolute atomic E-state index is 13.0. The Balaban J connectivity index is 2.29. The van der Waals surface area contributed by atoms with Crippen molar-refractivity contribution in [2.45, 2.75) is 13.5 Å². The molecule has 0 saturated heterocycles. The van der Waals surface area contributed by atoms with Gasteiger partial charge in [0, 0.05) is 5.02 Å². The molecular weight excluding hydrogens is 318 g/mol. The van der Waals surface area contributed by atoms with Gasteiger partial charge in [-0.1, -0.05) is 29.3 Å². The highest BCUT2D eigenvalue weighted by molar-refractivity contribution is 6.36. The number of carboxylic acids is 1. The third-order valence-corrected chi connectivity index (χ3v) is 3.41. The van der Waals surface area contributed by atoms with Gasteiger partial charge in [-0.15, -0.1) is 0 Å². The van der Waals surface area contributed by atoms with E-state index in [0.717, 1.165) is 5.56 Å². The molecule has 21 heavy (non-hydrogen) atoms. The topological polar surface area (TPSA) is 46.5 Å². The van der Waals surface area contributed by atoms with Gasteiger partial charge in [0.25, 0.3) is 0 Å². The summed E-state index contributed by atoms with van der Waals surface area (Å²) in [6, 6.07) is 6.94. The molecule has 0 fully saturated rings. The number of hydrogen-bond donors (Lipinski definition) is 1. The number of rotatable bonds is 4. The predicted molar refractivity (Wildman–Crippen MR) is 78.9 cm³/mol. The van der Waals surface area contributed by atoms with Crippen LogP contribution in [0.15, 0.2) is 30.3 Å². The van der Waals surface area contributed by atoms with Gasteiger partial charge in [0.1, 0.15) is 18.0 Å². The van der Waals surface area contributed by atoms with Crippen molar-refractivity contribution < 1.29 is 19.0 Å². The molecule has 0 amide bonds. The van der Waals surface area contributed by atoms with E-state index < -0.39 is 5.97 Å². The summed E-state index contributed by atoms with van der Waals surface area (Å²) in [6.45, 7) is 1.82. The lowest BCUT2D eigenvalue weighted by Crippen LogP contribution is -2.05. The standard InChI is InChI=1S/C15H11Cl2FO3/c1-8-4-11(18)3-2-9(8)7-21-14-12(15(19)20)5-10(16)6-13(14)17/h2-6H,7H2,1H3,(H,19,20). The van der Waals surface area contributed by atoms with Crippen LogP contribution in [0.3, 0.4) is 0 Å². The molecule has 3 nitrogen and oxygen atoms in total. The van der Waals surface area contributed by atoms with Gasteiger partial charge in [0.2, 0.25) is 0 Å². The second-order valence-corrected chi connectivity index (χ2v) is 5.27. The molecule has 6 heteroatoms. The first-order valence-corrected chi connectivity index (χ1v) is 6.74. The van der Waals surface area contributed by atoms with Crippen molar-refractivity contribution >= 4 is 29.2 Å². The van der Waals surface area contributed by atoms with Crippen LogP contribution in [0.4, 0.5) is 4.39 Å². The zero-order valence-corrected chi connectivity index (χ0v) is 12.5. The van der Waals surface area contributed by atoms with E-state index in [1.807, 2.05) is 0 Å². The number of ether oxygens (including phenoxy) is 1. The molecule has 0 saturated carbocycles. The summed E-state index contributed by atoms with van der Waals surface area (Å²) in [6.07, 6.45) is 0. The Bertz CT molecular complexity index is 702. The van der Waals surface area contributed by atoms with E-state index >= 15 is 0 Å². The minimum atomic E-state index is -1.19. The monoisotopic (exact) mass is 328 g/mol. The van der Waals surface area contributed by atoms with E-state index in [2.05, 4.69) is 0 Å². The van der Waals surface area contributed by atoms with E-state index in [1.165, 1.54) is 24.3 Å². The van der Waals surface area contributed by atoms with Crippen LogP contribution in [0.5, 0.6) is 5.75 Å². The minimum absolute atomic E-state index is 0.0392. The Labute approximate surface area is 130 Å². The minimum Gasteiger partial charge on any atom is -0.486 e. The van der Waals surface area contributed by atoms with Gasteiger partial charge < -0.3 is 9.84 Å². The number of halogens is 3. The Kier molecular flexibility index (Phi) is 4.70. The molecule has 0 aliphatic carbocycles. The van der Waals surface area contributed by atoms with E-state index in [-0.39, 0.29) is 33.8 Å². The molecule has 0 atom stereocenters. The molecule has 2 aromatic rings. The molecule has 0 aliphatic rings. The lowest BCUT2D eigenvalue weighted by atomic mass is 10.1. The fourth-order valence-corrected chi connectivity index (χ4v) is 2.39. The summed E-state index contributed by atoms with van der Waals surface area (Å²) in [5, 5.41) is 9.48. The average molecular weight is 329 g/mol. The summed E-state index contributed by atoms with van der Waals surface area (Å²) < 4.78 is 18.5. The summed E-state index contributed by atoms with van der Waals surface area (Å²) >= 11 is 11.8. The molecule has 0 unspecified atom stereocenters. The molecule has 110 valence electrons. The predicted octanol–water partition coefficient (Wildman–Crippen LogP) is 4.72. The van der Waals surface area contributed by atoms with E-state index in [0.29, 0.717) is 5.56 Å². The molecule has 0 radical (unpaired) electrons. The van der Waals surface area contributed by atoms with Crippen LogP contribution >= 0.6 is 23.2 Å². The molecule has 0 aromatic heterocycles. The first-order valence-electron chi connectivity index (χ1n) is 5.98. The van der Waals surface area contributed by atoms with Crippen LogP contribution in [0.2, 0.25) is 10.0 Å². The first kappa shape index (κ1) is 15.6. The molecule has 1 N–H and O–H groups in total. The normalized spacial score (nSPS) is 10.5. The highest BCUT2D eigenvalue weighted by atomic mass is 35.5.